The average molecular weight is 391 g/mol. The van der Waals surface area contributed by atoms with Gasteiger partial charge in [-0.05, 0) is 43.5 Å². The Morgan fingerprint density at radius 1 is 1.43 bits per heavy atom. The highest BCUT2D eigenvalue weighted by molar-refractivity contribution is 5.83. The largest absolute Gasteiger partial charge is 0.480 e. The number of hydrogen-bond donors (Lipinski definition) is 2. The predicted octanol–water partition coefficient (Wildman–Crippen LogP) is 2.11. The van der Waals surface area contributed by atoms with Crippen molar-refractivity contribution in [3.8, 4) is 11.4 Å². The minimum atomic E-state index is -1.07. The number of hydrogen-bond acceptors (Lipinski definition) is 6. The van der Waals surface area contributed by atoms with E-state index in [9.17, 15) is 19.1 Å². The summed E-state index contributed by atoms with van der Waals surface area (Å²) in [5, 5.41) is 15.8. The molecule has 0 aliphatic carbocycles. The van der Waals surface area contributed by atoms with Gasteiger partial charge in [0.15, 0.2) is 0 Å². The summed E-state index contributed by atoms with van der Waals surface area (Å²) in [7, 11) is 0. The summed E-state index contributed by atoms with van der Waals surface area (Å²) >= 11 is 0. The fraction of sp³-hybridized carbons (Fsp3) is 0.474. The van der Waals surface area contributed by atoms with Crippen molar-refractivity contribution in [1.29, 1.82) is 0 Å². The molecule has 8 nitrogen and oxygen atoms in total. The number of benzene rings is 1. The van der Waals surface area contributed by atoms with Crippen LogP contribution in [0.25, 0.3) is 11.4 Å². The number of carboxylic acid groups (broad SMARTS) is 1. The lowest BCUT2D eigenvalue weighted by Crippen LogP contribution is -2.48. The minimum Gasteiger partial charge on any atom is -0.480 e. The number of aryl methyl sites for hydroxylation is 2. The molecule has 150 valence electrons. The highest BCUT2D eigenvalue weighted by atomic mass is 19.1. The van der Waals surface area contributed by atoms with Crippen molar-refractivity contribution in [2.45, 2.75) is 38.6 Å². The first-order valence-corrected chi connectivity index (χ1v) is 9.13. The third-order valence-electron chi connectivity index (χ3n) is 4.70. The summed E-state index contributed by atoms with van der Waals surface area (Å²) in [4.78, 5) is 27.9. The normalized spacial score (nSPS) is 17.9. The van der Waals surface area contributed by atoms with Gasteiger partial charge in [0.1, 0.15) is 11.9 Å². The van der Waals surface area contributed by atoms with E-state index in [4.69, 9.17) is 9.26 Å². The summed E-state index contributed by atoms with van der Waals surface area (Å²) in [6, 6.07) is 3.51. The summed E-state index contributed by atoms with van der Waals surface area (Å²) in [5.41, 5.74) is 1.08. The van der Waals surface area contributed by atoms with Crippen molar-refractivity contribution in [3.63, 3.8) is 0 Å². The first-order valence-electron chi connectivity index (χ1n) is 9.13. The van der Waals surface area contributed by atoms with E-state index in [-0.39, 0.29) is 30.5 Å². The fourth-order valence-electron chi connectivity index (χ4n) is 3.13. The summed E-state index contributed by atoms with van der Waals surface area (Å²) in [5.74, 6) is -1.49. The fourth-order valence-corrected chi connectivity index (χ4v) is 3.13. The quantitative estimate of drug-likeness (QED) is 0.743. The zero-order chi connectivity index (χ0) is 20.1. The molecule has 2 aromatic rings. The molecule has 2 N–H and O–H groups in total. The van der Waals surface area contributed by atoms with Gasteiger partial charge in [0.05, 0.1) is 6.61 Å². The molecular weight excluding hydrogens is 369 g/mol. The van der Waals surface area contributed by atoms with Crippen LogP contribution in [0, 0.1) is 18.7 Å². The third kappa shape index (κ3) is 4.92. The second kappa shape index (κ2) is 8.92. The van der Waals surface area contributed by atoms with Crippen LogP contribution in [-0.2, 0) is 20.7 Å². The Balaban J connectivity index is 1.56. The molecule has 28 heavy (non-hydrogen) atoms. The zero-order valence-electron chi connectivity index (χ0n) is 15.5. The Bertz CT molecular complexity index is 848. The molecule has 0 radical (unpaired) electrons. The van der Waals surface area contributed by atoms with Crippen molar-refractivity contribution < 1.29 is 28.3 Å². The molecule has 1 saturated heterocycles. The molecule has 0 bridgehead atoms. The number of nitrogens with one attached hydrogen (secondary N) is 1. The van der Waals surface area contributed by atoms with Gasteiger partial charge >= 0.3 is 5.97 Å². The topological polar surface area (TPSA) is 115 Å². The molecule has 1 aliphatic rings. The van der Waals surface area contributed by atoms with Crippen LogP contribution >= 0.6 is 0 Å². The van der Waals surface area contributed by atoms with Gasteiger partial charge in [-0.15, -0.1) is 0 Å². The monoisotopic (exact) mass is 391 g/mol. The van der Waals surface area contributed by atoms with Crippen LogP contribution in [0.15, 0.2) is 22.7 Å². The van der Waals surface area contributed by atoms with Crippen LogP contribution in [0.2, 0.25) is 0 Å². The van der Waals surface area contributed by atoms with Gasteiger partial charge in [0, 0.05) is 30.9 Å². The maximum absolute atomic E-state index is 13.4. The third-order valence-corrected chi connectivity index (χ3v) is 4.70. The molecule has 2 heterocycles. The van der Waals surface area contributed by atoms with Gasteiger partial charge in [-0.1, -0.05) is 5.16 Å². The molecule has 0 saturated carbocycles. The molecule has 1 aromatic heterocycles. The molecule has 3 rings (SSSR count). The molecule has 1 aromatic carbocycles. The Hall–Kier alpha value is -2.81. The van der Waals surface area contributed by atoms with Crippen LogP contribution in [-0.4, -0.2) is 46.4 Å². The van der Waals surface area contributed by atoms with Gasteiger partial charge in [0.25, 0.3) is 0 Å². The number of aliphatic carboxylic acids is 1. The lowest BCUT2D eigenvalue weighted by molar-refractivity contribution is -0.145. The van der Waals surface area contributed by atoms with Crippen molar-refractivity contribution in [2.75, 3.05) is 13.2 Å². The first kappa shape index (κ1) is 19.9. The lowest BCUT2D eigenvalue weighted by Gasteiger charge is -2.28. The van der Waals surface area contributed by atoms with Crippen molar-refractivity contribution in [1.82, 2.24) is 15.5 Å². The molecule has 1 aliphatic heterocycles. The standard InChI is InChI=1S/C19H22FN3O5/c1-11-9-12(4-5-14(11)20)18-22-16(28-23-18)7-6-15(24)21-17(19(25)26)13-3-2-8-27-10-13/h4-5,9,13,17H,2-3,6-8,10H2,1H3,(H,21,24)(H,25,26). The van der Waals surface area contributed by atoms with E-state index in [2.05, 4.69) is 15.5 Å². The average Bonchev–Trinajstić information content (AvgIpc) is 3.16. The highest BCUT2D eigenvalue weighted by Crippen LogP contribution is 2.20. The number of aromatic nitrogens is 2. The lowest BCUT2D eigenvalue weighted by atomic mass is 9.93. The van der Waals surface area contributed by atoms with Crippen LogP contribution in [0.4, 0.5) is 4.39 Å². The Morgan fingerprint density at radius 3 is 2.93 bits per heavy atom. The van der Waals surface area contributed by atoms with Gasteiger partial charge in [-0.25, -0.2) is 9.18 Å². The van der Waals surface area contributed by atoms with Gasteiger partial charge in [-0.2, -0.15) is 4.98 Å². The van der Waals surface area contributed by atoms with Gasteiger partial charge < -0.3 is 19.7 Å². The molecular formula is C19H22FN3O5. The summed E-state index contributed by atoms with van der Waals surface area (Å²) < 4.78 is 23.8. The van der Waals surface area contributed by atoms with E-state index in [1.54, 1.807) is 19.1 Å². The number of halogens is 1. The molecule has 2 atom stereocenters. The number of rotatable bonds is 7. The second-order valence-corrected chi connectivity index (χ2v) is 6.84. The van der Waals surface area contributed by atoms with Crippen LogP contribution in [0.5, 0.6) is 0 Å². The van der Waals surface area contributed by atoms with E-state index in [0.717, 1.165) is 6.42 Å². The predicted molar refractivity (Wildman–Crippen MR) is 95.9 cm³/mol. The number of carboxylic acids is 1. The van der Waals surface area contributed by atoms with Crippen LogP contribution in [0.1, 0.15) is 30.7 Å². The first-order chi connectivity index (χ1) is 13.4. The van der Waals surface area contributed by atoms with Gasteiger partial charge in [0.2, 0.25) is 17.6 Å². The van der Waals surface area contributed by atoms with Crippen molar-refractivity contribution in [3.05, 3.63) is 35.5 Å². The molecule has 9 heteroatoms. The van der Waals surface area contributed by atoms with E-state index in [0.29, 0.717) is 36.6 Å². The molecule has 1 fully saturated rings. The zero-order valence-corrected chi connectivity index (χ0v) is 15.5. The maximum Gasteiger partial charge on any atom is 0.326 e. The Labute approximate surface area is 161 Å². The van der Waals surface area contributed by atoms with E-state index in [1.807, 2.05) is 0 Å². The minimum absolute atomic E-state index is 0.0153. The molecule has 0 spiro atoms. The van der Waals surface area contributed by atoms with Crippen molar-refractivity contribution in [2.24, 2.45) is 5.92 Å². The summed E-state index contributed by atoms with van der Waals surface area (Å²) in [6.45, 7) is 2.58. The number of amides is 1. The van der Waals surface area contributed by atoms with Crippen LogP contribution < -0.4 is 5.32 Å². The smallest absolute Gasteiger partial charge is 0.326 e. The van der Waals surface area contributed by atoms with Gasteiger partial charge in [-0.3, -0.25) is 4.79 Å². The highest BCUT2D eigenvalue weighted by Gasteiger charge is 2.31. The number of carbonyl (C=O) groups is 2. The molecule has 1 amide bonds. The van der Waals surface area contributed by atoms with Crippen LogP contribution in [0.3, 0.4) is 0 Å². The Morgan fingerprint density at radius 2 is 2.25 bits per heavy atom. The van der Waals surface area contributed by atoms with E-state index >= 15 is 0 Å². The number of nitrogens with zero attached hydrogens (tertiary/aromatic N) is 2. The Kier molecular flexibility index (Phi) is 6.35. The van der Waals surface area contributed by atoms with E-state index < -0.39 is 17.9 Å². The number of ether oxygens (including phenoxy) is 1. The molecule has 2 unspecified atom stereocenters. The number of carbonyl (C=O) groups excluding carboxylic acids is 1. The van der Waals surface area contributed by atoms with Crippen molar-refractivity contribution >= 4 is 11.9 Å². The SMILES string of the molecule is Cc1cc(-c2noc(CCC(=O)NC(C(=O)O)C3CCCOC3)n2)ccc1F. The van der Waals surface area contributed by atoms with E-state index in [1.165, 1.54) is 6.07 Å². The summed E-state index contributed by atoms with van der Waals surface area (Å²) in [6.07, 6.45) is 1.66. The maximum atomic E-state index is 13.4. The second-order valence-electron chi connectivity index (χ2n) is 6.84.